The number of aryl methyl sites for hydroxylation is 1. The minimum absolute atomic E-state index is 0.00677. The highest BCUT2D eigenvalue weighted by Gasteiger charge is 2.06. The molecule has 1 amide bonds. The van der Waals surface area contributed by atoms with Crippen molar-refractivity contribution in [2.45, 2.75) is 26.7 Å². The molecule has 3 aromatic rings. The van der Waals surface area contributed by atoms with E-state index in [1.165, 1.54) is 6.33 Å². The third-order valence-electron chi connectivity index (χ3n) is 3.54. The van der Waals surface area contributed by atoms with Crippen molar-refractivity contribution in [1.82, 2.24) is 19.5 Å². The zero-order valence-corrected chi connectivity index (χ0v) is 14.1. The first-order valence-electron chi connectivity index (χ1n) is 8.06. The van der Waals surface area contributed by atoms with Crippen molar-refractivity contribution in [1.29, 1.82) is 0 Å². The van der Waals surface area contributed by atoms with Crippen LogP contribution in [0.3, 0.4) is 0 Å². The van der Waals surface area contributed by atoms with E-state index >= 15 is 0 Å². The highest BCUT2D eigenvalue weighted by Crippen LogP contribution is 2.22. The third kappa shape index (κ3) is 4.20. The number of carbonyl (C=O) groups excluding carboxylic acids is 1. The summed E-state index contributed by atoms with van der Waals surface area (Å²) in [5.41, 5.74) is 0.739. The SMILES string of the molecule is CCCC(=O)Nc1ccc(Oc2cc(-n3ccnc3C)ncn2)cc1. The first-order chi connectivity index (χ1) is 12.2. The second-order valence-corrected chi connectivity index (χ2v) is 5.48. The van der Waals surface area contributed by atoms with Gasteiger partial charge in [-0.05, 0) is 37.6 Å². The zero-order chi connectivity index (χ0) is 17.6. The van der Waals surface area contributed by atoms with Gasteiger partial charge in [0, 0.05) is 30.6 Å². The van der Waals surface area contributed by atoms with Gasteiger partial charge < -0.3 is 10.1 Å². The molecule has 25 heavy (non-hydrogen) atoms. The molecular weight excluding hydrogens is 318 g/mol. The number of nitrogens with one attached hydrogen (secondary N) is 1. The normalized spacial score (nSPS) is 10.5. The monoisotopic (exact) mass is 337 g/mol. The first kappa shape index (κ1) is 16.6. The number of imidazole rings is 1. The predicted octanol–water partition coefficient (Wildman–Crippen LogP) is 3.50. The van der Waals surface area contributed by atoms with E-state index in [1.807, 2.05) is 24.6 Å². The lowest BCUT2D eigenvalue weighted by Gasteiger charge is -2.09. The Labute approximate surface area is 145 Å². The topological polar surface area (TPSA) is 81.9 Å². The molecule has 2 aromatic heterocycles. The summed E-state index contributed by atoms with van der Waals surface area (Å²) in [6.45, 7) is 3.87. The lowest BCUT2D eigenvalue weighted by molar-refractivity contribution is -0.116. The summed E-state index contributed by atoms with van der Waals surface area (Å²) in [5, 5.41) is 2.84. The number of anilines is 1. The fourth-order valence-electron chi connectivity index (χ4n) is 2.32. The van der Waals surface area contributed by atoms with Crippen LogP contribution in [0.2, 0.25) is 0 Å². The smallest absolute Gasteiger partial charge is 0.224 e. The van der Waals surface area contributed by atoms with Crippen LogP contribution in [0.5, 0.6) is 11.6 Å². The van der Waals surface area contributed by atoms with Gasteiger partial charge >= 0.3 is 0 Å². The number of carbonyl (C=O) groups is 1. The van der Waals surface area contributed by atoms with Crippen LogP contribution in [-0.2, 0) is 4.79 Å². The maximum Gasteiger partial charge on any atom is 0.224 e. The number of nitrogens with zero attached hydrogens (tertiary/aromatic N) is 4. The molecule has 0 saturated carbocycles. The minimum Gasteiger partial charge on any atom is -0.439 e. The van der Waals surface area contributed by atoms with E-state index in [4.69, 9.17) is 4.74 Å². The van der Waals surface area contributed by atoms with Crippen molar-refractivity contribution in [3.8, 4) is 17.4 Å². The molecular formula is C18H19N5O2. The van der Waals surface area contributed by atoms with E-state index in [-0.39, 0.29) is 5.91 Å². The van der Waals surface area contributed by atoms with Crippen molar-refractivity contribution in [3.63, 3.8) is 0 Å². The molecule has 1 aromatic carbocycles. The van der Waals surface area contributed by atoms with E-state index in [9.17, 15) is 4.79 Å². The van der Waals surface area contributed by atoms with Crippen molar-refractivity contribution < 1.29 is 9.53 Å². The van der Waals surface area contributed by atoms with Gasteiger partial charge in [0.15, 0.2) is 0 Å². The summed E-state index contributed by atoms with van der Waals surface area (Å²) in [5.74, 6) is 2.58. The number of ether oxygens (including phenoxy) is 1. The lowest BCUT2D eigenvalue weighted by Crippen LogP contribution is -2.10. The lowest BCUT2D eigenvalue weighted by atomic mass is 10.2. The summed E-state index contributed by atoms with van der Waals surface area (Å²) < 4.78 is 7.61. The minimum atomic E-state index is 0.00677. The summed E-state index contributed by atoms with van der Waals surface area (Å²) in [7, 11) is 0. The Morgan fingerprint density at radius 1 is 1.20 bits per heavy atom. The van der Waals surface area contributed by atoms with Crippen LogP contribution < -0.4 is 10.1 Å². The molecule has 0 fully saturated rings. The maximum atomic E-state index is 11.6. The number of aromatic nitrogens is 4. The molecule has 0 spiro atoms. The Morgan fingerprint density at radius 2 is 2.00 bits per heavy atom. The molecule has 2 heterocycles. The van der Waals surface area contributed by atoms with Gasteiger partial charge in [-0.25, -0.2) is 15.0 Å². The van der Waals surface area contributed by atoms with Crippen LogP contribution in [-0.4, -0.2) is 25.4 Å². The van der Waals surface area contributed by atoms with Gasteiger partial charge in [0.1, 0.15) is 23.7 Å². The Morgan fingerprint density at radius 3 is 2.68 bits per heavy atom. The molecule has 0 saturated heterocycles. The molecule has 128 valence electrons. The quantitative estimate of drug-likeness (QED) is 0.744. The van der Waals surface area contributed by atoms with Crippen LogP contribution in [0.1, 0.15) is 25.6 Å². The molecule has 0 aliphatic rings. The largest absolute Gasteiger partial charge is 0.439 e. The number of hydrogen-bond acceptors (Lipinski definition) is 5. The van der Waals surface area contributed by atoms with Gasteiger partial charge in [-0.3, -0.25) is 9.36 Å². The van der Waals surface area contributed by atoms with Crippen LogP contribution in [0, 0.1) is 6.92 Å². The second-order valence-electron chi connectivity index (χ2n) is 5.48. The molecule has 0 unspecified atom stereocenters. The predicted molar refractivity (Wildman–Crippen MR) is 93.9 cm³/mol. The van der Waals surface area contributed by atoms with Gasteiger partial charge in [-0.2, -0.15) is 0 Å². The van der Waals surface area contributed by atoms with Gasteiger partial charge in [0.2, 0.25) is 11.8 Å². The van der Waals surface area contributed by atoms with E-state index in [0.29, 0.717) is 23.9 Å². The van der Waals surface area contributed by atoms with Gasteiger partial charge in [-0.15, -0.1) is 0 Å². The maximum absolute atomic E-state index is 11.6. The van der Waals surface area contributed by atoms with Crippen LogP contribution in [0.4, 0.5) is 5.69 Å². The average Bonchev–Trinajstić information content (AvgIpc) is 3.03. The van der Waals surface area contributed by atoms with Gasteiger partial charge in [-0.1, -0.05) is 6.92 Å². The Kier molecular flexibility index (Phi) is 5.03. The van der Waals surface area contributed by atoms with Crippen LogP contribution in [0.25, 0.3) is 5.82 Å². The van der Waals surface area contributed by atoms with E-state index in [2.05, 4.69) is 20.3 Å². The molecule has 7 nitrogen and oxygen atoms in total. The number of amides is 1. The van der Waals surface area contributed by atoms with E-state index in [0.717, 1.165) is 17.9 Å². The number of rotatable bonds is 6. The molecule has 0 radical (unpaired) electrons. The number of benzene rings is 1. The third-order valence-corrected chi connectivity index (χ3v) is 3.54. The summed E-state index contributed by atoms with van der Waals surface area (Å²) in [4.78, 5) is 24.1. The average molecular weight is 337 g/mol. The van der Waals surface area contributed by atoms with Crippen LogP contribution >= 0.6 is 0 Å². The molecule has 0 atom stereocenters. The fourth-order valence-corrected chi connectivity index (χ4v) is 2.32. The molecule has 0 bridgehead atoms. The summed E-state index contributed by atoms with van der Waals surface area (Å²) >= 11 is 0. The van der Waals surface area contributed by atoms with Gasteiger partial charge in [0.25, 0.3) is 0 Å². The molecule has 0 aliphatic carbocycles. The summed E-state index contributed by atoms with van der Waals surface area (Å²) in [6, 6.07) is 8.90. The highest BCUT2D eigenvalue weighted by molar-refractivity contribution is 5.90. The van der Waals surface area contributed by atoms with Gasteiger partial charge in [0.05, 0.1) is 0 Å². The Hall–Kier alpha value is -3.22. The zero-order valence-electron chi connectivity index (χ0n) is 14.1. The summed E-state index contributed by atoms with van der Waals surface area (Å²) in [6.07, 6.45) is 6.32. The van der Waals surface area contributed by atoms with E-state index in [1.54, 1.807) is 36.5 Å². The van der Waals surface area contributed by atoms with Crippen molar-refractivity contribution in [3.05, 3.63) is 54.9 Å². The highest BCUT2D eigenvalue weighted by atomic mass is 16.5. The number of hydrogen-bond donors (Lipinski definition) is 1. The van der Waals surface area contributed by atoms with E-state index < -0.39 is 0 Å². The van der Waals surface area contributed by atoms with Crippen molar-refractivity contribution >= 4 is 11.6 Å². The standard InChI is InChI=1S/C18H19N5O2/c1-3-4-17(24)22-14-5-7-15(8-6-14)25-18-11-16(20-12-21-18)23-10-9-19-13(23)2/h5-12H,3-4H2,1-2H3,(H,22,24). The molecule has 7 heteroatoms. The fraction of sp³-hybridized carbons (Fsp3) is 0.222. The van der Waals surface area contributed by atoms with Crippen molar-refractivity contribution in [2.75, 3.05) is 5.32 Å². The Balaban J connectivity index is 1.70. The molecule has 0 aliphatic heterocycles. The Bertz CT molecular complexity index is 858. The van der Waals surface area contributed by atoms with Crippen molar-refractivity contribution in [2.24, 2.45) is 0 Å². The van der Waals surface area contributed by atoms with Crippen LogP contribution in [0.15, 0.2) is 49.1 Å². The first-order valence-corrected chi connectivity index (χ1v) is 8.06. The molecule has 1 N–H and O–H groups in total. The molecule has 3 rings (SSSR count). The second kappa shape index (κ2) is 7.57.